The third-order valence-corrected chi connectivity index (χ3v) is 7.82. The molecule has 31 heavy (non-hydrogen) atoms. The predicted molar refractivity (Wildman–Crippen MR) is 119 cm³/mol. The van der Waals surface area contributed by atoms with Crippen LogP contribution in [0.25, 0.3) is 0 Å². The molecule has 0 aromatic heterocycles. The first kappa shape index (κ1) is 22.1. The monoisotopic (exact) mass is 430 g/mol. The van der Waals surface area contributed by atoms with Crippen molar-refractivity contribution in [3.63, 3.8) is 0 Å². The Labute approximate surface area is 185 Å². The van der Waals surface area contributed by atoms with Crippen molar-refractivity contribution in [3.05, 3.63) is 30.1 Å². The van der Waals surface area contributed by atoms with Crippen LogP contribution in [0.15, 0.2) is 24.3 Å². The first-order valence-corrected chi connectivity index (χ1v) is 11.6. The van der Waals surface area contributed by atoms with E-state index in [-0.39, 0.29) is 29.1 Å². The second-order valence-electron chi connectivity index (χ2n) is 9.66. The lowest BCUT2D eigenvalue weighted by molar-refractivity contribution is -0.141. The van der Waals surface area contributed by atoms with E-state index in [2.05, 4.69) is 16.7 Å². The third-order valence-electron chi connectivity index (χ3n) is 7.82. The van der Waals surface area contributed by atoms with Crippen molar-refractivity contribution in [2.45, 2.75) is 51.6 Å². The first-order valence-electron chi connectivity index (χ1n) is 11.6. The molecule has 0 radical (unpaired) electrons. The maximum absolute atomic E-state index is 13.2. The highest BCUT2D eigenvalue weighted by Gasteiger charge is 2.51. The van der Waals surface area contributed by atoms with Crippen LogP contribution in [0.2, 0.25) is 0 Å². The Kier molecular flexibility index (Phi) is 6.24. The van der Waals surface area contributed by atoms with Gasteiger partial charge in [0.15, 0.2) is 0 Å². The zero-order valence-electron chi connectivity index (χ0n) is 19.0. The van der Waals surface area contributed by atoms with Crippen molar-refractivity contribution in [3.8, 4) is 0 Å². The summed E-state index contributed by atoms with van der Waals surface area (Å²) in [7, 11) is 1.95. The molecule has 1 aromatic carbocycles. The number of hydrogen-bond acceptors (Lipinski definition) is 4. The molecule has 0 aliphatic carbocycles. The molecule has 0 saturated carbocycles. The highest BCUT2D eigenvalue weighted by atomic mass is 19.1. The highest BCUT2D eigenvalue weighted by molar-refractivity contribution is 5.85. The Morgan fingerprint density at radius 1 is 1.13 bits per heavy atom. The number of likely N-dealkylation sites (tertiary alicyclic amines) is 2. The number of rotatable bonds is 4. The van der Waals surface area contributed by atoms with Gasteiger partial charge in [-0.15, -0.1) is 0 Å². The van der Waals surface area contributed by atoms with E-state index >= 15 is 0 Å². The summed E-state index contributed by atoms with van der Waals surface area (Å²) in [4.78, 5) is 33.4. The van der Waals surface area contributed by atoms with Gasteiger partial charge in [0, 0.05) is 71.0 Å². The number of piperidine rings is 1. The van der Waals surface area contributed by atoms with Crippen LogP contribution in [0.3, 0.4) is 0 Å². The molecule has 2 amide bonds. The van der Waals surface area contributed by atoms with Crippen molar-refractivity contribution < 1.29 is 14.0 Å². The van der Waals surface area contributed by atoms with Gasteiger partial charge >= 0.3 is 0 Å². The molecule has 0 unspecified atom stereocenters. The maximum atomic E-state index is 13.2. The van der Waals surface area contributed by atoms with Crippen LogP contribution in [-0.4, -0.2) is 84.9 Å². The smallest absolute Gasteiger partial charge is 0.228 e. The number of carbonyl (C=O) groups excluding carboxylic acids is 2. The van der Waals surface area contributed by atoms with E-state index < -0.39 is 0 Å². The molecular weight excluding hydrogens is 395 g/mol. The fourth-order valence-electron chi connectivity index (χ4n) is 5.71. The van der Waals surface area contributed by atoms with Crippen LogP contribution in [0, 0.1) is 11.2 Å². The van der Waals surface area contributed by atoms with Gasteiger partial charge < -0.3 is 14.7 Å². The van der Waals surface area contributed by atoms with E-state index in [1.54, 1.807) is 6.92 Å². The van der Waals surface area contributed by atoms with Gasteiger partial charge in [0.1, 0.15) is 5.82 Å². The highest BCUT2D eigenvalue weighted by Crippen LogP contribution is 2.44. The fourth-order valence-corrected chi connectivity index (χ4v) is 5.71. The molecule has 2 atom stereocenters. The fraction of sp³-hybridized carbons (Fsp3) is 0.667. The number of piperazine rings is 1. The van der Waals surface area contributed by atoms with Crippen LogP contribution >= 0.6 is 0 Å². The van der Waals surface area contributed by atoms with Gasteiger partial charge in [-0.3, -0.25) is 14.5 Å². The number of hydrogen-bond donors (Lipinski definition) is 0. The van der Waals surface area contributed by atoms with Crippen molar-refractivity contribution >= 4 is 17.5 Å². The summed E-state index contributed by atoms with van der Waals surface area (Å²) in [5, 5.41) is 0. The zero-order chi connectivity index (χ0) is 22.2. The Balaban J connectivity index is 1.30. The van der Waals surface area contributed by atoms with E-state index in [1.165, 1.54) is 12.1 Å². The molecule has 4 rings (SSSR count). The number of amides is 2. The van der Waals surface area contributed by atoms with Crippen LogP contribution < -0.4 is 4.90 Å². The van der Waals surface area contributed by atoms with Crippen LogP contribution in [0.4, 0.5) is 10.1 Å². The Bertz CT molecular complexity index is 806. The third kappa shape index (κ3) is 4.43. The van der Waals surface area contributed by atoms with E-state index in [0.29, 0.717) is 19.1 Å². The maximum Gasteiger partial charge on any atom is 0.228 e. The normalized spacial score (nSPS) is 26.7. The molecule has 0 bridgehead atoms. The summed E-state index contributed by atoms with van der Waals surface area (Å²) in [6.07, 6.45) is 3.48. The number of nitrogens with zero attached hydrogens (tertiary/aromatic N) is 4. The van der Waals surface area contributed by atoms with Gasteiger partial charge in [-0.25, -0.2) is 4.39 Å². The molecule has 3 heterocycles. The molecule has 170 valence electrons. The second kappa shape index (κ2) is 8.77. The van der Waals surface area contributed by atoms with Gasteiger partial charge in [0.2, 0.25) is 11.8 Å². The number of halogens is 1. The lowest BCUT2D eigenvalue weighted by atomic mass is 9.75. The molecule has 3 saturated heterocycles. The minimum absolute atomic E-state index is 0.110. The van der Waals surface area contributed by atoms with Gasteiger partial charge in [0.25, 0.3) is 0 Å². The van der Waals surface area contributed by atoms with Crippen LogP contribution in [-0.2, 0) is 9.59 Å². The lowest BCUT2D eigenvalue weighted by Gasteiger charge is -2.41. The molecule has 3 aliphatic rings. The molecule has 3 aliphatic heterocycles. The molecule has 0 N–H and O–H groups in total. The second-order valence-corrected chi connectivity index (χ2v) is 9.66. The Morgan fingerprint density at radius 3 is 2.42 bits per heavy atom. The number of benzene rings is 1. The molecular formula is C24H35FN4O2. The molecule has 3 fully saturated rings. The topological polar surface area (TPSA) is 47.1 Å². The summed E-state index contributed by atoms with van der Waals surface area (Å²) in [6, 6.07) is 7.45. The van der Waals surface area contributed by atoms with E-state index in [9.17, 15) is 14.0 Å². The zero-order valence-corrected chi connectivity index (χ0v) is 19.0. The molecule has 6 nitrogen and oxygen atoms in total. The van der Waals surface area contributed by atoms with E-state index in [4.69, 9.17) is 0 Å². The lowest BCUT2D eigenvalue weighted by Crippen LogP contribution is -2.52. The average molecular weight is 431 g/mol. The summed E-state index contributed by atoms with van der Waals surface area (Å²) in [6.45, 7) is 9.07. The molecule has 1 aromatic rings. The van der Waals surface area contributed by atoms with Gasteiger partial charge in [-0.1, -0.05) is 0 Å². The average Bonchev–Trinajstić information content (AvgIpc) is 2.98. The SMILES string of the molecule is CC(=O)N1CCC2(CC1)C[C@H](CCN1CCN(c3ccc(F)cc3)C[C@@H]1C)N(C)C2=O. The Morgan fingerprint density at radius 2 is 1.81 bits per heavy atom. The molecule has 1 spiro atoms. The van der Waals surface area contributed by atoms with Gasteiger partial charge in [-0.05, 0) is 56.9 Å². The number of anilines is 1. The minimum atomic E-state index is -0.266. The minimum Gasteiger partial charge on any atom is -0.369 e. The predicted octanol–water partition coefficient (Wildman–Crippen LogP) is 2.59. The van der Waals surface area contributed by atoms with E-state index in [1.807, 2.05) is 29.0 Å². The van der Waals surface area contributed by atoms with Crippen LogP contribution in [0.1, 0.15) is 39.5 Å². The quantitative estimate of drug-likeness (QED) is 0.737. The number of carbonyl (C=O) groups is 2. The summed E-state index contributed by atoms with van der Waals surface area (Å²) in [5.41, 5.74) is 0.811. The largest absolute Gasteiger partial charge is 0.369 e. The summed E-state index contributed by atoms with van der Waals surface area (Å²) < 4.78 is 13.2. The molecule has 7 heteroatoms. The Hall–Kier alpha value is -2.15. The van der Waals surface area contributed by atoms with Crippen molar-refractivity contribution in [2.24, 2.45) is 5.41 Å². The summed E-state index contributed by atoms with van der Waals surface area (Å²) in [5.74, 6) is 0.184. The van der Waals surface area contributed by atoms with Gasteiger partial charge in [-0.2, -0.15) is 0 Å². The first-order chi connectivity index (χ1) is 14.8. The van der Waals surface area contributed by atoms with Crippen molar-refractivity contribution in [1.29, 1.82) is 0 Å². The van der Waals surface area contributed by atoms with Gasteiger partial charge in [0.05, 0.1) is 5.41 Å². The van der Waals surface area contributed by atoms with Crippen LogP contribution in [0.5, 0.6) is 0 Å². The van der Waals surface area contributed by atoms with Crippen molar-refractivity contribution in [2.75, 3.05) is 51.2 Å². The standard InChI is InChI=1S/C24H35FN4O2/c1-18-17-29(21-6-4-20(25)5-7-21)15-14-27(18)11-8-22-16-24(23(31)26(22)3)9-12-28(13-10-24)19(2)30/h4-7,18,22H,8-17H2,1-3H3/t18-,22-/m0/s1. The van der Waals surface area contributed by atoms with Crippen molar-refractivity contribution in [1.82, 2.24) is 14.7 Å². The van der Waals surface area contributed by atoms with E-state index in [0.717, 1.165) is 57.5 Å². The summed E-state index contributed by atoms with van der Waals surface area (Å²) >= 11 is 0.